The van der Waals surface area contributed by atoms with Crippen molar-refractivity contribution in [3.63, 3.8) is 0 Å². The second-order valence-electron chi connectivity index (χ2n) is 6.31. The molecule has 6 heteroatoms. The fourth-order valence-corrected chi connectivity index (χ4v) is 3.26. The van der Waals surface area contributed by atoms with Crippen molar-refractivity contribution in [2.45, 2.75) is 25.7 Å². The van der Waals surface area contributed by atoms with E-state index in [2.05, 4.69) is 21.7 Å². The number of halogens is 1. The van der Waals surface area contributed by atoms with Gasteiger partial charge in [0.2, 0.25) is 0 Å². The van der Waals surface area contributed by atoms with E-state index in [0.29, 0.717) is 11.0 Å². The summed E-state index contributed by atoms with van der Waals surface area (Å²) in [6, 6.07) is 6.02. The number of hydrogen-bond acceptors (Lipinski definition) is 4. The Bertz CT molecular complexity index is 678. The van der Waals surface area contributed by atoms with Crippen molar-refractivity contribution in [2.75, 3.05) is 32.1 Å². The maximum absolute atomic E-state index is 6.47. The van der Waals surface area contributed by atoms with E-state index in [1.165, 1.54) is 0 Å². The van der Waals surface area contributed by atoms with Gasteiger partial charge in [0.15, 0.2) is 0 Å². The van der Waals surface area contributed by atoms with Crippen LogP contribution in [0.2, 0.25) is 0 Å². The predicted molar refractivity (Wildman–Crippen MR) is 104 cm³/mol. The van der Waals surface area contributed by atoms with Gasteiger partial charge in [0, 0.05) is 45.0 Å². The third-order valence-corrected chi connectivity index (χ3v) is 4.87. The van der Waals surface area contributed by atoms with Crippen LogP contribution in [0.15, 0.2) is 40.5 Å². The molecule has 0 radical (unpaired) electrons. The van der Waals surface area contributed by atoms with Crippen molar-refractivity contribution in [3.05, 3.63) is 41.2 Å². The SMILES string of the molecule is CN=C1CC/C=C(c2cccc(NCC3CCOCC3)n2)\C(Cl)=C/N1. The summed E-state index contributed by atoms with van der Waals surface area (Å²) >= 11 is 6.47. The zero-order chi connectivity index (χ0) is 17.5. The van der Waals surface area contributed by atoms with Crippen LogP contribution >= 0.6 is 11.6 Å². The number of pyridine rings is 1. The molecule has 0 spiro atoms. The summed E-state index contributed by atoms with van der Waals surface area (Å²) in [5.74, 6) is 2.48. The summed E-state index contributed by atoms with van der Waals surface area (Å²) in [5.41, 5.74) is 1.84. The van der Waals surface area contributed by atoms with Gasteiger partial charge < -0.3 is 15.4 Å². The molecule has 2 N–H and O–H groups in total. The molecule has 2 aliphatic rings. The second kappa shape index (κ2) is 9.02. The number of nitrogens with one attached hydrogen (secondary N) is 2. The molecule has 0 unspecified atom stereocenters. The van der Waals surface area contributed by atoms with Crippen LogP contribution in [0, 0.1) is 5.92 Å². The first-order valence-corrected chi connectivity index (χ1v) is 9.21. The monoisotopic (exact) mass is 360 g/mol. The van der Waals surface area contributed by atoms with Crippen molar-refractivity contribution >= 4 is 28.8 Å². The smallest absolute Gasteiger partial charge is 0.126 e. The van der Waals surface area contributed by atoms with Gasteiger partial charge in [-0.05, 0) is 37.3 Å². The number of aromatic nitrogens is 1. The minimum Gasteiger partial charge on any atom is -0.381 e. The lowest BCUT2D eigenvalue weighted by Gasteiger charge is -2.22. The van der Waals surface area contributed by atoms with Gasteiger partial charge >= 0.3 is 0 Å². The number of anilines is 1. The molecule has 1 saturated heterocycles. The number of rotatable bonds is 4. The third kappa shape index (κ3) is 5.06. The van der Waals surface area contributed by atoms with Gasteiger partial charge in [-0.3, -0.25) is 4.99 Å². The topological polar surface area (TPSA) is 58.5 Å². The van der Waals surface area contributed by atoms with E-state index in [1.54, 1.807) is 13.2 Å². The Morgan fingerprint density at radius 1 is 1.36 bits per heavy atom. The van der Waals surface area contributed by atoms with Crippen LogP contribution in [0.4, 0.5) is 5.82 Å². The fourth-order valence-electron chi connectivity index (χ4n) is 3.03. The summed E-state index contributed by atoms with van der Waals surface area (Å²) in [5, 5.41) is 7.27. The molecule has 5 nitrogen and oxygen atoms in total. The summed E-state index contributed by atoms with van der Waals surface area (Å²) in [4.78, 5) is 8.95. The maximum atomic E-state index is 6.47. The number of nitrogens with zero attached hydrogens (tertiary/aromatic N) is 2. The standard InChI is InChI=1S/C19H25ClN4O/c1-21-18-6-2-4-15(16(20)13-23-18)17-5-3-7-19(24-17)22-12-14-8-10-25-11-9-14/h3-5,7,13-14H,2,6,8-12H2,1H3,(H,21,23)(H,22,24)/b15-4+,16-13+. The van der Waals surface area contributed by atoms with E-state index in [1.807, 2.05) is 18.2 Å². The molecule has 0 saturated carbocycles. The van der Waals surface area contributed by atoms with Gasteiger partial charge in [0.25, 0.3) is 0 Å². The van der Waals surface area contributed by atoms with E-state index in [0.717, 1.165) is 68.4 Å². The molecule has 0 aliphatic carbocycles. The Kier molecular flexibility index (Phi) is 6.48. The third-order valence-electron chi connectivity index (χ3n) is 4.56. The van der Waals surface area contributed by atoms with E-state index in [9.17, 15) is 0 Å². The number of ether oxygens (including phenoxy) is 1. The lowest BCUT2D eigenvalue weighted by Crippen LogP contribution is -2.23. The zero-order valence-corrected chi connectivity index (χ0v) is 15.4. The molecule has 3 rings (SSSR count). The van der Waals surface area contributed by atoms with Gasteiger partial charge in [0.05, 0.1) is 10.7 Å². The highest BCUT2D eigenvalue weighted by molar-refractivity contribution is 6.37. The molecule has 0 bridgehead atoms. The number of aliphatic imine (C=N–C) groups is 1. The van der Waals surface area contributed by atoms with Crippen LogP contribution in [0.3, 0.4) is 0 Å². The number of allylic oxidation sites excluding steroid dienone is 3. The quantitative estimate of drug-likeness (QED) is 0.857. The minimum absolute atomic E-state index is 0.648. The molecular weight excluding hydrogens is 336 g/mol. The molecular formula is C19H25ClN4O. The molecule has 25 heavy (non-hydrogen) atoms. The van der Waals surface area contributed by atoms with Crippen LogP contribution in [-0.4, -0.2) is 37.6 Å². The Labute approximate surface area is 154 Å². The van der Waals surface area contributed by atoms with Crippen LogP contribution in [0.1, 0.15) is 31.4 Å². The summed E-state index contributed by atoms with van der Waals surface area (Å²) in [6.45, 7) is 2.66. The largest absolute Gasteiger partial charge is 0.381 e. The van der Waals surface area contributed by atoms with Crippen LogP contribution in [0.25, 0.3) is 5.57 Å². The van der Waals surface area contributed by atoms with Gasteiger partial charge in [-0.25, -0.2) is 4.98 Å². The summed E-state index contributed by atoms with van der Waals surface area (Å²) in [6.07, 6.45) is 7.88. The molecule has 0 amide bonds. The van der Waals surface area contributed by atoms with Crippen molar-refractivity contribution in [1.82, 2.24) is 10.3 Å². The molecule has 1 aromatic rings. The van der Waals surface area contributed by atoms with Gasteiger partial charge in [-0.15, -0.1) is 0 Å². The minimum atomic E-state index is 0.648. The average Bonchev–Trinajstić information content (AvgIpc) is 2.65. The Morgan fingerprint density at radius 2 is 2.20 bits per heavy atom. The van der Waals surface area contributed by atoms with Crippen LogP contribution in [0.5, 0.6) is 0 Å². The maximum Gasteiger partial charge on any atom is 0.126 e. The lowest BCUT2D eigenvalue weighted by atomic mass is 10.0. The molecule has 134 valence electrons. The molecule has 3 heterocycles. The molecule has 1 aromatic heterocycles. The van der Waals surface area contributed by atoms with Gasteiger partial charge in [0.1, 0.15) is 11.7 Å². The highest BCUT2D eigenvalue weighted by Gasteiger charge is 2.14. The molecule has 1 fully saturated rings. The summed E-state index contributed by atoms with van der Waals surface area (Å²) < 4.78 is 5.41. The first-order valence-electron chi connectivity index (χ1n) is 8.83. The van der Waals surface area contributed by atoms with Crippen molar-refractivity contribution in [3.8, 4) is 0 Å². The highest BCUT2D eigenvalue weighted by atomic mass is 35.5. The van der Waals surface area contributed by atoms with Gasteiger partial charge in [-0.2, -0.15) is 0 Å². The lowest BCUT2D eigenvalue weighted by molar-refractivity contribution is 0.0699. The molecule has 0 aromatic carbocycles. The van der Waals surface area contributed by atoms with Gasteiger partial charge in [-0.1, -0.05) is 23.7 Å². The van der Waals surface area contributed by atoms with Crippen molar-refractivity contribution in [2.24, 2.45) is 10.9 Å². The predicted octanol–water partition coefficient (Wildman–Crippen LogP) is 3.80. The Balaban J connectivity index is 1.69. The molecule has 2 aliphatic heterocycles. The van der Waals surface area contributed by atoms with E-state index >= 15 is 0 Å². The molecule has 0 atom stereocenters. The Hall–Kier alpha value is -1.85. The first kappa shape index (κ1) is 18.0. The Morgan fingerprint density at radius 3 is 3.00 bits per heavy atom. The van der Waals surface area contributed by atoms with Crippen LogP contribution in [-0.2, 0) is 4.74 Å². The number of amidine groups is 1. The van der Waals surface area contributed by atoms with Crippen molar-refractivity contribution < 1.29 is 4.74 Å². The first-order chi connectivity index (χ1) is 12.3. The summed E-state index contributed by atoms with van der Waals surface area (Å²) in [7, 11) is 1.78. The van der Waals surface area contributed by atoms with Crippen molar-refractivity contribution in [1.29, 1.82) is 0 Å². The highest BCUT2D eigenvalue weighted by Crippen LogP contribution is 2.27. The second-order valence-corrected chi connectivity index (χ2v) is 6.72. The fraction of sp³-hybridized carbons (Fsp3) is 0.474. The average molecular weight is 361 g/mol. The number of hydrogen-bond donors (Lipinski definition) is 2. The zero-order valence-electron chi connectivity index (χ0n) is 14.6. The van der Waals surface area contributed by atoms with Crippen LogP contribution < -0.4 is 10.6 Å². The normalized spacial score (nSPS) is 25.1. The van der Waals surface area contributed by atoms with E-state index < -0.39 is 0 Å². The van der Waals surface area contributed by atoms with E-state index in [-0.39, 0.29) is 0 Å². The van der Waals surface area contributed by atoms with E-state index in [4.69, 9.17) is 21.3 Å².